The predicted molar refractivity (Wildman–Crippen MR) is 70.8 cm³/mol. The fourth-order valence-electron chi connectivity index (χ4n) is 2.10. The van der Waals surface area contributed by atoms with Crippen LogP contribution in [0.5, 0.6) is 0 Å². The van der Waals surface area contributed by atoms with Crippen LogP contribution in [0.2, 0.25) is 0 Å². The minimum atomic E-state index is -2.86. The molecular weight excluding hydrogens is 244 g/mol. The van der Waals surface area contributed by atoms with Crippen LogP contribution in [0.4, 0.5) is 0 Å². The van der Waals surface area contributed by atoms with E-state index in [1.165, 1.54) is 6.26 Å². The van der Waals surface area contributed by atoms with Crippen LogP contribution in [0.1, 0.15) is 13.8 Å². The lowest BCUT2D eigenvalue weighted by Gasteiger charge is -2.46. The summed E-state index contributed by atoms with van der Waals surface area (Å²) in [5.74, 6) is 1.01. The Kier molecular flexibility index (Phi) is 4.68. The van der Waals surface area contributed by atoms with Crippen molar-refractivity contribution in [2.24, 2.45) is 0 Å². The average molecular weight is 266 g/mol. The first-order chi connectivity index (χ1) is 7.24. The van der Waals surface area contributed by atoms with Gasteiger partial charge in [0.2, 0.25) is 0 Å². The Morgan fingerprint density at radius 1 is 1.31 bits per heavy atom. The van der Waals surface area contributed by atoms with Gasteiger partial charge < -0.3 is 0 Å². The Labute approximate surface area is 104 Å². The van der Waals surface area contributed by atoms with E-state index < -0.39 is 9.84 Å². The van der Waals surface area contributed by atoms with Crippen molar-refractivity contribution in [2.75, 3.05) is 44.1 Å². The van der Waals surface area contributed by atoms with Gasteiger partial charge in [0.1, 0.15) is 9.84 Å². The summed E-state index contributed by atoms with van der Waals surface area (Å²) < 4.78 is 22.3. The number of rotatable bonds is 4. The first-order valence-corrected chi connectivity index (χ1v) is 8.20. The Balaban J connectivity index is 2.55. The smallest absolute Gasteiger partial charge is 0.148 e. The van der Waals surface area contributed by atoms with E-state index in [1.54, 1.807) is 0 Å². The lowest BCUT2D eigenvalue weighted by molar-refractivity contribution is 0.0341. The molecule has 96 valence electrons. The average Bonchev–Trinajstić information content (AvgIpc) is 2.13. The molecule has 0 aliphatic carbocycles. The minimum absolute atomic E-state index is 0.0334. The summed E-state index contributed by atoms with van der Waals surface area (Å²) in [4.78, 5) is 4.54. The van der Waals surface area contributed by atoms with Gasteiger partial charge in [-0.2, -0.15) is 12.6 Å². The number of sulfone groups is 1. The zero-order valence-corrected chi connectivity index (χ0v) is 12.0. The molecule has 0 aromatic rings. The van der Waals surface area contributed by atoms with Gasteiger partial charge >= 0.3 is 0 Å². The molecule has 0 spiro atoms. The monoisotopic (exact) mass is 266 g/mol. The number of piperazine rings is 1. The molecule has 0 aromatic heterocycles. The first kappa shape index (κ1) is 14.3. The van der Waals surface area contributed by atoms with Crippen molar-refractivity contribution in [2.45, 2.75) is 19.4 Å². The maximum atomic E-state index is 11.2. The molecule has 16 heavy (non-hydrogen) atoms. The number of nitrogens with zero attached hydrogens (tertiary/aromatic N) is 2. The first-order valence-electron chi connectivity index (χ1n) is 5.50. The van der Waals surface area contributed by atoms with Crippen LogP contribution in [0.25, 0.3) is 0 Å². The van der Waals surface area contributed by atoms with E-state index in [-0.39, 0.29) is 11.3 Å². The zero-order valence-electron chi connectivity index (χ0n) is 10.3. The number of hydrogen-bond acceptors (Lipinski definition) is 5. The van der Waals surface area contributed by atoms with E-state index in [1.807, 2.05) is 0 Å². The fourth-order valence-corrected chi connectivity index (χ4v) is 2.90. The molecular formula is C10H22N2O2S2. The minimum Gasteiger partial charge on any atom is -0.295 e. The van der Waals surface area contributed by atoms with Gasteiger partial charge in [-0.15, -0.1) is 0 Å². The molecule has 1 aliphatic heterocycles. The zero-order chi connectivity index (χ0) is 12.4. The number of thiol groups is 1. The molecule has 4 nitrogen and oxygen atoms in total. The van der Waals surface area contributed by atoms with Crippen LogP contribution in [-0.4, -0.2) is 67.8 Å². The summed E-state index contributed by atoms with van der Waals surface area (Å²) in [6.45, 7) is 7.78. The predicted octanol–water partition coefficient (Wildman–Crippen LogP) is 0.315. The molecule has 0 aromatic carbocycles. The molecule has 0 atom stereocenters. The number of hydrogen-bond donors (Lipinski definition) is 1. The molecule has 1 rings (SSSR count). The van der Waals surface area contributed by atoms with E-state index in [9.17, 15) is 8.42 Å². The quantitative estimate of drug-likeness (QED) is 0.744. The van der Waals surface area contributed by atoms with E-state index in [0.29, 0.717) is 6.54 Å². The summed E-state index contributed by atoms with van der Waals surface area (Å²) in [6, 6.07) is 0. The van der Waals surface area contributed by atoms with Gasteiger partial charge in [0.15, 0.2) is 0 Å². The molecule has 1 fully saturated rings. The van der Waals surface area contributed by atoms with Crippen molar-refractivity contribution in [3.05, 3.63) is 0 Å². The maximum absolute atomic E-state index is 11.2. The van der Waals surface area contributed by atoms with Crippen molar-refractivity contribution in [1.82, 2.24) is 9.80 Å². The second-order valence-electron chi connectivity index (χ2n) is 5.12. The summed E-state index contributed by atoms with van der Waals surface area (Å²) in [5, 5.41) is 0. The van der Waals surface area contributed by atoms with Crippen molar-refractivity contribution < 1.29 is 8.42 Å². The molecule has 1 heterocycles. The van der Waals surface area contributed by atoms with Gasteiger partial charge in [-0.25, -0.2) is 8.42 Å². The normalized spacial score (nSPS) is 23.5. The lowest BCUT2D eigenvalue weighted by atomic mass is 9.99. The SMILES string of the molecule is CC1(C)CN(CS)CCN1CCS(C)(=O)=O. The molecule has 0 bridgehead atoms. The third kappa shape index (κ3) is 4.24. The molecule has 0 saturated carbocycles. The molecule has 1 aliphatic rings. The lowest BCUT2D eigenvalue weighted by Crippen LogP contribution is -2.59. The summed E-state index contributed by atoms with van der Waals surface area (Å²) >= 11 is 4.28. The third-order valence-electron chi connectivity index (χ3n) is 3.08. The van der Waals surface area contributed by atoms with Crippen molar-refractivity contribution in [3.8, 4) is 0 Å². The second kappa shape index (κ2) is 5.25. The van der Waals surface area contributed by atoms with Gasteiger partial charge in [-0.1, -0.05) is 0 Å². The van der Waals surface area contributed by atoms with E-state index >= 15 is 0 Å². The van der Waals surface area contributed by atoms with Crippen LogP contribution >= 0.6 is 12.6 Å². The highest BCUT2D eigenvalue weighted by atomic mass is 32.2. The van der Waals surface area contributed by atoms with Crippen LogP contribution in [0.15, 0.2) is 0 Å². The largest absolute Gasteiger partial charge is 0.295 e. The fraction of sp³-hybridized carbons (Fsp3) is 1.00. The summed E-state index contributed by atoms with van der Waals surface area (Å²) in [6.07, 6.45) is 1.30. The van der Waals surface area contributed by atoms with Gasteiger partial charge in [0.25, 0.3) is 0 Å². The Hall–Kier alpha value is 0.220. The van der Waals surface area contributed by atoms with Crippen molar-refractivity contribution in [1.29, 1.82) is 0 Å². The van der Waals surface area contributed by atoms with E-state index in [4.69, 9.17) is 0 Å². The summed E-state index contributed by atoms with van der Waals surface area (Å²) in [5.41, 5.74) is 0.0334. The van der Waals surface area contributed by atoms with Gasteiger partial charge in [-0.05, 0) is 13.8 Å². The van der Waals surface area contributed by atoms with Crippen LogP contribution < -0.4 is 0 Å². The highest BCUT2D eigenvalue weighted by Gasteiger charge is 2.33. The van der Waals surface area contributed by atoms with E-state index in [0.717, 1.165) is 25.5 Å². The molecule has 1 saturated heterocycles. The highest BCUT2D eigenvalue weighted by molar-refractivity contribution is 7.90. The standard InChI is InChI=1S/C10H22N2O2S2/c1-10(2)8-11(9-15)4-5-12(10)6-7-16(3,13)14/h15H,4-9H2,1-3H3. The van der Waals surface area contributed by atoms with E-state index in [2.05, 4.69) is 36.3 Å². The Morgan fingerprint density at radius 3 is 2.38 bits per heavy atom. The summed E-state index contributed by atoms with van der Waals surface area (Å²) in [7, 11) is -2.86. The molecule has 0 unspecified atom stereocenters. The van der Waals surface area contributed by atoms with Crippen molar-refractivity contribution >= 4 is 22.5 Å². The van der Waals surface area contributed by atoms with Gasteiger partial charge in [-0.3, -0.25) is 9.80 Å². The molecule has 0 amide bonds. The van der Waals surface area contributed by atoms with Crippen molar-refractivity contribution in [3.63, 3.8) is 0 Å². The third-order valence-corrected chi connectivity index (χ3v) is 4.41. The highest BCUT2D eigenvalue weighted by Crippen LogP contribution is 2.20. The Bertz CT molecular complexity index is 328. The molecule has 6 heteroatoms. The van der Waals surface area contributed by atoms with Gasteiger partial charge in [0.05, 0.1) is 5.75 Å². The van der Waals surface area contributed by atoms with Gasteiger partial charge in [0, 0.05) is 43.9 Å². The Morgan fingerprint density at radius 2 is 1.94 bits per heavy atom. The molecule has 0 N–H and O–H groups in total. The maximum Gasteiger partial charge on any atom is 0.148 e. The topological polar surface area (TPSA) is 40.6 Å². The molecule has 0 radical (unpaired) electrons. The van der Waals surface area contributed by atoms with Crippen LogP contribution in [-0.2, 0) is 9.84 Å². The second-order valence-corrected chi connectivity index (χ2v) is 7.67. The van der Waals surface area contributed by atoms with Crippen LogP contribution in [0, 0.1) is 0 Å². The van der Waals surface area contributed by atoms with Crippen LogP contribution in [0.3, 0.4) is 0 Å².